The second-order valence-electron chi connectivity index (χ2n) is 3.31. The van der Waals surface area contributed by atoms with Gasteiger partial charge in [0.15, 0.2) is 0 Å². The normalized spacial score (nSPS) is 10.5. The Kier molecular flexibility index (Phi) is 5.90. The molecule has 0 saturated carbocycles. The first-order chi connectivity index (χ1) is 6.43. The van der Waals surface area contributed by atoms with Gasteiger partial charge in [0.2, 0.25) is 0 Å². The van der Waals surface area contributed by atoms with E-state index in [0.29, 0.717) is 0 Å². The van der Waals surface area contributed by atoms with Crippen LogP contribution in [-0.2, 0) is 6.42 Å². The third-order valence-corrected chi connectivity index (χ3v) is 2.71. The van der Waals surface area contributed by atoms with Gasteiger partial charge < -0.3 is 0 Å². The zero-order chi connectivity index (χ0) is 9.36. The van der Waals surface area contributed by atoms with Crippen LogP contribution in [-0.4, -0.2) is 15.5 Å². The van der Waals surface area contributed by atoms with E-state index in [1.54, 1.807) is 0 Å². The van der Waals surface area contributed by atoms with Crippen LogP contribution in [0.2, 0.25) is 0 Å². The Morgan fingerprint density at radius 2 is 1.92 bits per heavy atom. The molecule has 0 radical (unpaired) electrons. The van der Waals surface area contributed by atoms with E-state index in [1.807, 2.05) is 12.4 Å². The minimum Gasteiger partial charge on any atom is -0.285 e. The number of alkyl halides is 1. The number of nitrogens with one attached hydrogen (secondary N) is 1. The van der Waals surface area contributed by atoms with Gasteiger partial charge in [-0.15, -0.1) is 0 Å². The highest BCUT2D eigenvalue weighted by molar-refractivity contribution is 9.09. The lowest BCUT2D eigenvalue weighted by atomic mass is 10.1. The molecule has 0 saturated heterocycles. The van der Waals surface area contributed by atoms with Crippen LogP contribution < -0.4 is 0 Å². The van der Waals surface area contributed by atoms with Crippen molar-refractivity contribution < 1.29 is 0 Å². The van der Waals surface area contributed by atoms with E-state index in [1.165, 1.54) is 44.1 Å². The van der Waals surface area contributed by atoms with Gasteiger partial charge in [-0.1, -0.05) is 35.2 Å². The third kappa shape index (κ3) is 5.09. The summed E-state index contributed by atoms with van der Waals surface area (Å²) in [6, 6.07) is 0. The van der Waals surface area contributed by atoms with Crippen LogP contribution in [0.3, 0.4) is 0 Å². The monoisotopic (exact) mass is 244 g/mol. The van der Waals surface area contributed by atoms with Crippen LogP contribution in [0.5, 0.6) is 0 Å². The smallest absolute Gasteiger partial charge is 0.0519 e. The van der Waals surface area contributed by atoms with Crippen LogP contribution >= 0.6 is 15.9 Å². The average Bonchev–Trinajstić information content (AvgIpc) is 2.63. The highest BCUT2D eigenvalue weighted by Crippen LogP contribution is 2.08. The summed E-state index contributed by atoms with van der Waals surface area (Å²) < 4.78 is 0. The molecule has 0 unspecified atom stereocenters. The van der Waals surface area contributed by atoms with Gasteiger partial charge >= 0.3 is 0 Å². The van der Waals surface area contributed by atoms with Crippen molar-refractivity contribution in [3.63, 3.8) is 0 Å². The molecular formula is C10H17BrN2. The van der Waals surface area contributed by atoms with Gasteiger partial charge in [0.1, 0.15) is 0 Å². The van der Waals surface area contributed by atoms with E-state index in [0.717, 1.165) is 5.33 Å². The molecule has 1 aromatic heterocycles. The van der Waals surface area contributed by atoms with Crippen molar-refractivity contribution in [3.05, 3.63) is 18.0 Å². The summed E-state index contributed by atoms with van der Waals surface area (Å²) in [5.41, 5.74) is 1.33. The zero-order valence-electron chi connectivity index (χ0n) is 7.93. The molecule has 1 heterocycles. The number of nitrogens with zero attached hydrogens (tertiary/aromatic N) is 1. The van der Waals surface area contributed by atoms with E-state index >= 15 is 0 Å². The largest absolute Gasteiger partial charge is 0.285 e. The van der Waals surface area contributed by atoms with Gasteiger partial charge in [0, 0.05) is 11.5 Å². The van der Waals surface area contributed by atoms with E-state index in [9.17, 15) is 0 Å². The molecule has 0 aliphatic carbocycles. The molecule has 0 aromatic carbocycles. The van der Waals surface area contributed by atoms with Crippen molar-refractivity contribution in [1.82, 2.24) is 10.2 Å². The highest BCUT2D eigenvalue weighted by Gasteiger charge is 1.94. The fourth-order valence-electron chi connectivity index (χ4n) is 1.37. The fraction of sp³-hybridized carbons (Fsp3) is 0.700. The minimum absolute atomic E-state index is 1.15. The molecule has 13 heavy (non-hydrogen) atoms. The number of aromatic amines is 1. The molecule has 0 fully saturated rings. The summed E-state index contributed by atoms with van der Waals surface area (Å²) in [6.07, 6.45) is 11.7. The lowest BCUT2D eigenvalue weighted by Gasteiger charge is -1.98. The maximum Gasteiger partial charge on any atom is 0.0519 e. The maximum absolute atomic E-state index is 3.92. The second kappa shape index (κ2) is 7.13. The van der Waals surface area contributed by atoms with Crippen molar-refractivity contribution in [1.29, 1.82) is 0 Å². The lowest BCUT2D eigenvalue weighted by Crippen LogP contribution is -1.84. The average molecular weight is 245 g/mol. The lowest BCUT2D eigenvalue weighted by molar-refractivity contribution is 0.635. The number of hydrogen-bond donors (Lipinski definition) is 1. The highest BCUT2D eigenvalue weighted by atomic mass is 79.9. The number of aromatic nitrogens is 2. The SMILES string of the molecule is BrCCCCCCCc1cn[nH]c1. The maximum atomic E-state index is 3.92. The standard InChI is InChI=1S/C10H17BrN2/c11-7-5-3-1-2-4-6-10-8-12-13-9-10/h8-9H,1-7H2,(H,12,13). The second-order valence-corrected chi connectivity index (χ2v) is 4.11. The van der Waals surface area contributed by atoms with Crippen molar-refractivity contribution in [2.75, 3.05) is 5.33 Å². The molecule has 1 N–H and O–H groups in total. The van der Waals surface area contributed by atoms with Gasteiger partial charge in [0.05, 0.1) is 6.20 Å². The summed E-state index contributed by atoms with van der Waals surface area (Å²) in [4.78, 5) is 0. The third-order valence-electron chi connectivity index (χ3n) is 2.15. The Morgan fingerprint density at radius 3 is 2.62 bits per heavy atom. The summed E-state index contributed by atoms with van der Waals surface area (Å²) in [7, 11) is 0. The predicted octanol–water partition coefficient (Wildman–Crippen LogP) is 3.30. The molecule has 0 spiro atoms. The Hall–Kier alpha value is -0.310. The fourth-order valence-corrected chi connectivity index (χ4v) is 1.76. The van der Waals surface area contributed by atoms with Crippen molar-refractivity contribution in [2.24, 2.45) is 0 Å². The number of halogens is 1. The minimum atomic E-state index is 1.15. The molecule has 74 valence electrons. The summed E-state index contributed by atoms with van der Waals surface area (Å²) in [5.74, 6) is 0. The molecular weight excluding hydrogens is 228 g/mol. The van der Waals surface area contributed by atoms with Gasteiger partial charge in [-0.05, 0) is 24.8 Å². The molecule has 2 nitrogen and oxygen atoms in total. The Bertz CT molecular complexity index is 197. The van der Waals surface area contributed by atoms with E-state index in [-0.39, 0.29) is 0 Å². The molecule has 0 amide bonds. The molecule has 1 rings (SSSR count). The molecule has 0 aliphatic heterocycles. The summed E-state index contributed by atoms with van der Waals surface area (Å²) >= 11 is 3.44. The van der Waals surface area contributed by atoms with E-state index in [4.69, 9.17) is 0 Å². The molecule has 0 atom stereocenters. The molecule has 0 bridgehead atoms. The Balaban J connectivity index is 1.90. The number of aryl methyl sites for hydroxylation is 1. The number of hydrogen-bond acceptors (Lipinski definition) is 1. The molecule has 1 aromatic rings. The predicted molar refractivity (Wildman–Crippen MR) is 59.2 cm³/mol. The molecule has 0 aliphatic rings. The first-order valence-corrected chi connectivity index (χ1v) is 6.09. The van der Waals surface area contributed by atoms with Crippen LogP contribution in [0.15, 0.2) is 12.4 Å². The summed E-state index contributed by atoms with van der Waals surface area (Å²) in [6.45, 7) is 0. The van der Waals surface area contributed by atoms with Gasteiger partial charge in [0.25, 0.3) is 0 Å². The zero-order valence-corrected chi connectivity index (χ0v) is 9.52. The van der Waals surface area contributed by atoms with Gasteiger partial charge in [-0.3, -0.25) is 5.10 Å². The van der Waals surface area contributed by atoms with Gasteiger partial charge in [-0.2, -0.15) is 5.10 Å². The van der Waals surface area contributed by atoms with Crippen molar-refractivity contribution in [2.45, 2.75) is 38.5 Å². The van der Waals surface area contributed by atoms with E-state index in [2.05, 4.69) is 26.1 Å². The van der Waals surface area contributed by atoms with Crippen LogP contribution in [0.1, 0.15) is 37.7 Å². The van der Waals surface area contributed by atoms with Gasteiger partial charge in [-0.25, -0.2) is 0 Å². The van der Waals surface area contributed by atoms with Crippen molar-refractivity contribution in [3.8, 4) is 0 Å². The van der Waals surface area contributed by atoms with Crippen molar-refractivity contribution >= 4 is 15.9 Å². The van der Waals surface area contributed by atoms with Crippen LogP contribution in [0.4, 0.5) is 0 Å². The number of rotatable bonds is 7. The topological polar surface area (TPSA) is 28.7 Å². The summed E-state index contributed by atoms with van der Waals surface area (Å²) in [5, 5.41) is 7.90. The van der Waals surface area contributed by atoms with E-state index < -0.39 is 0 Å². The quantitative estimate of drug-likeness (QED) is 0.579. The first-order valence-electron chi connectivity index (χ1n) is 4.97. The van der Waals surface area contributed by atoms with Crippen LogP contribution in [0.25, 0.3) is 0 Å². The number of H-pyrrole nitrogens is 1. The van der Waals surface area contributed by atoms with Crippen LogP contribution in [0, 0.1) is 0 Å². The first kappa shape index (κ1) is 10.8. The number of unbranched alkanes of at least 4 members (excludes halogenated alkanes) is 4. The Morgan fingerprint density at radius 1 is 1.15 bits per heavy atom. The molecule has 3 heteroatoms. The Labute approximate surface area is 88.3 Å².